The highest BCUT2D eigenvalue weighted by molar-refractivity contribution is 5.66. The minimum absolute atomic E-state index is 0.439. The number of benzene rings is 1. The molecule has 0 saturated heterocycles. The lowest BCUT2D eigenvalue weighted by molar-refractivity contribution is 0.260. The van der Waals surface area contributed by atoms with Crippen LogP contribution in [0.5, 0.6) is 5.75 Å². The zero-order chi connectivity index (χ0) is 13.8. The van der Waals surface area contributed by atoms with E-state index in [1.807, 2.05) is 18.2 Å². The number of ether oxygens (including phenoxy) is 1. The van der Waals surface area contributed by atoms with E-state index in [1.54, 1.807) is 7.11 Å². The van der Waals surface area contributed by atoms with Gasteiger partial charge in [0.25, 0.3) is 0 Å². The van der Waals surface area contributed by atoms with E-state index >= 15 is 0 Å². The van der Waals surface area contributed by atoms with E-state index in [1.165, 1.54) is 6.42 Å². The lowest BCUT2D eigenvalue weighted by atomic mass is 9.79. The Balaban J connectivity index is 2.17. The third-order valence-electron chi connectivity index (χ3n) is 4.31. The Labute approximate surface area is 115 Å². The van der Waals surface area contributed by atoms with Gasteiger partial charge in [-0.15, -0.1) is 0 Å². The first kappa shape index (κ1) is 13.7. The summed E-state index contributed by atoms with van der Waals surface area (Å²) >= 11 is 0. The predicted octanol–water partition coefficient (Wildman–Crippen LogP) is 3.80. The van der Waals surface area contributed by atoms with Gasteiger partial charge in [0, 0.05) is 6.04 Å². The van der Waals surface area contributed by atoms with Gasteiger partial charge in [-0.05, 0) is 43.2 Å². The molecule has 102 valence electrons. The summed E-state index contributed by atoms with van der Waals surface area (Å²) in [7, 11) is 1.65. The number of para-hydroxylation sites is 1. The fourth-order valence-corrected chi connectivity index (χ4v) is 2.83. The molecule has 0 aromatic heterocycles. The van der Waals surface area contributed by atoms with Crippen LogP contribution in [0.15, 0.2) is 18.2 Å². The molecule has 0 heterocycles. The molecule has 19 heavy (non-hydrogen) atoms. The molecule has 1 aliphatic carbocycles. The maximum absolute atomic E-state index is 9.22. The number of methoxy groups -OCH3 is 1. The van der Waals surface area contributed by atoms with Crippen LogP contribution in [-0.4, -0.2) is 13.2 Å². The van der Waals surface area contributed by atoms with Gasteiger partial charge in [-0.3, -0.25) is 0 Å². The fourth-order valence-electron chi connectivity index (χ4n) is 2.83. The van der Waals surface area contributed by atoms with E-state index in [4.69, 9.17) is 4.74 Å². The van der Waals surface area contributed by atoms with Crippen molar-refractivity contribution in [3.05, 3.63) is 23.8 Å². The van der Waals surface area contributed by atoms with Crippen LogP contribution in [0.4, 0.5) is 5.69 Å². The SMILES string of the molecule is COc1cccc(C#N)c1NC1CCC(C)C(C)C1. The van der Waals surface area contributed by atoms with Gasteiger partial charge in [0.1, 0.15) is 11.8 Å². The van der Waals surface area contributed by atoms with E-state index in [9.17, 15) is 5.26 Å². The van der Waals surface area contributed by atoms with Crippen LogP contribution in [-0.2, 0) is 0 Å². The standard InChI is InChI=1S/C16H22N2O/c1-11-7-8-14(9-12(11)2)18-16-13(10-17)5-4-6-15(16)19-3/h4-6,11-12,14,18H,7-9H2,1-3H3. The normalized spacial score (nSPS) is 26.5. The molecule has 3 heteroatoms. The minimum atomic E-state index is 0.439. The average Bonchev–Trinajstić information content (AvgIpc) is 2.43. The molecule has 1 aromatic rings. The Hall–Kier alpha value is -1.69. The third kappa shape index (κ3) is 3.01. The molecule has 2 rings (SSSR count). The summed E-state index contributed by atoms with van der Waals surface area (Å²) in [5.41, 5.74) is 1.50. The Morgan fingerprint density at radius 1 is 1.26 bits per heavy atom. The molecular formula is C16H22N2O. The van der Waals surface area contributed by atoms with E-state index in [0.717, 1.165) is 36.1 Å². The molecule has 1 N–H and O–H groups in total. The molecule has 1 aliphatic rings. The smallest absolute Gasteiger partial charge is 0.143 e. The molecule has 0 aliphatic heterocycles. The van der Waals surface area contributed by atoms with Crippen LogP contribution in [0.25, 0.3) is 0 Å². The molecule has 1 aromatic carbocycles. The van der Waals surface area contributed by atoms with Gasteiger partial charge in [0.05, 0.1) is 18.4 Å². The topological polar surface area (TPSA) is 45.0 Å². The molecule has 3 nitrogen and oxygen atoms in total. The van der Waals surface area contributed by atoms with Crippen molar-refractivity contribution in [3.63, 3.8) is 0 Å². The van der Waals surface area contributed by atoms with E-state index in [-0.39, 0.29) is 0 Å². The highest BCUT2D eigenvalue weighted by atomic mass is 16.5. The summed E-state index contributed by atoms with van der Waals surface area (Å²) in [5, 5.41) is 12.7. The van der Waals surface area contributed by atoms with Crippen LogP contribution in [0.2, 0.25) is 0 Å². The maximum atomic E-state index is 9.22. The highest BCUT2D eigenvalue weighted by Gasteiger charge is 2.25. The van der Waals surface area contributed by atoms with Gasteiger partial charge in [-0.1, -0.05) is 19.9 Å². The lowest BCUT2D eigenvalue weighted by Gasteiger charge is -2.33. The molecule has 1 fully saturated rings. The molecule has 3 atom stereocenters. The average molecular weight is 258 g/mol. The van der Waals surface area contributed by atoms with Crippen molar-refractivity contribution in [2.45, 2.75) is 39.2 Å². The summed E-state index contributed by atoms with van der Waals surface area (Å²) < 4.78 is 5.36. The molecule has 0 radical (unpaired) electrons. The molecular weight excluding hydrogens is 236 g/mol. The second-order valence-corrected chi connectivity index (χ2v) is 5.60. The van der Waals surface area contributed by atoms with Crippen LogP contribution < -0.4 is 10.1 Å². The van der Waals surface area contributed by atoms with Crippen LogP contribution in [0, 0.1) is 23.2 Å². The number of anilines is 1. The molecule has 0 amide bonds. The number of rotatable bonds is 3. The largest absolute Gasteiger partial charge is 0.495 e. The molecule has 0 bridgehead atoms. The number of nitrogens with one attached hydrogen (secondary N) is 1. The Kier molecular flexibility index (Phi) is 4.31. The fraction of sp³-hybridized carbons (Fsp3) is 0.562. The van der Waals surface area contributed by atoms with Crippen molar-refractivity contribution >= 4 is 5.69 Å². The van der Waals surface area contributed by atoms with Crippen molar-refractivity contribution in [1.82, 2.24) is 0 Å². The van der Waals surface area contributed by atoms with Crippen molar-refractivity contribution < 1.29 is 4.74 Å². The summed E-state index contributed by atoms with van der Waals surface area (Å²) in [6.45, 7) is 4.64. The quantitative estimate of drug-likeness (QED) is 0.896. The van der Waals surface area contributed by atoms with Crippen molar-refractivity contribution in [2.75, 3.05) is 12.4 Å². The Morgan fingerprint density at radius 3 is 2.68 bits per heavy atom. The predicted molar refractivity (Wildman–Crippen MR) is 77.3 cm³/mol. The Bertz CT molecular complexity index is 478. The third-order valence-corrected chi connectivity index (χ3v) is 4.31. The van der Waals surface area contributed by atoms with Gasteiger partial charge in [0.15, 0.2) is 0 Å². The summed E-state index contributed by atoms with van der Waals surface area (Å²) in [4.78, 5) is 0. The minimum Gasteiger partial charge on any atom is -0.495 e. The number of nitrogens with zero attached hydrogens (tertiary/aromatic N) is 1. The van der Waals surface area contributed by atoms with Crippen molar-refractivity contribution in [1.29, 1.82) is 5.26 Å². The molecule has 3 unspecified atom stereocenters. The molecule has 0 spiro atoms. The van der Waals surface area contributed by atoms with Crippen LogP contribution in [0.1, 0.15) is 38.7 Å². The summed E-state index contributed by atoms with van der Waals surface area (Å²) in [5.74, 6) is 2.28. The summed E-state index contributed by atoms with van der Waals surface area (Å²) in [6.07, 6.45) is 3.56. The Morgan fingerprint density at radius 2 is 2.05 bits per heavy atom. The van der Waals surface area contributed by atoms with Crippen molar-refractivity contribution in [2.24, 2.45) is 11.8 Å². The zero-order valence-corrected chi connectivity index (χ0v) is 11.9. The second-order valence-electron chi connectivity index (χ2n) is 5.60. The first-order valence-electron chi connectivity index (χ1n) is 6.99. The second kappa shape index (κ2) is 5.97. The monoisotopic (exact) mass is 258 g/mol. The van der Waals surface area contributed by atoms with E-state index in [2.05, 4.69) is 25.2 Å². The van der Waals surface area contributed by atoms with E-state index in [0.29, 0.717) is 11.6 Å². The van der Waals surface area contributed by atoms with Gasteiger partial charge in [-0.2, -0.15) is 5.26 Å². The van der Waals surface area contributed by atoms with Gasteiger partial charge >= 0.3 is 0 Å². The van der Waals surface area contributed by atoms with Gasteiger partial charge in [-0.25, -0.2) is 0 Å². The highest BCUT2D eigenvalue weighted by Crippen LogP contribution is 2.34. The first-order chi connectivity index (χ1) is 9.15. The number of nitriles is 1. The number of hydrogen-bond donors (Lipinski definition) is 1. The van der Waals surface area contributed by atoms with E-state index < -0.39 is 0 Å². The summed E-state index contributed by atoms with van der Waals surface area (Å²) in [6, 6.07) is 8.27. The van der Waals surface area contributed by atoms with Gasteiger partial charge < -0.3 is 10.1 Å². The lowest BCUT2D eigenvalue weighted by Crippen LogP contribution is -2.30. The molecule has 1 saturated carbocycles. The van der Waals surface area contributed by atoms with Crippen LogP contribution in [0.3, 0.4) is 0 Å². The zero-order valence-electron chi connectivity index (χ0n) is 11.9. The first-order valence-corrected chi connectivity index (χ1v) is 6.99. The maximum Gasteiger partial charge on any atom is 0.143 e. The van der Waals surface area contributed by atoms with Crippen LogP contribution >= 0.6 is 0 Å². The van der Waals surface area contributed by atoms with Gasteiger partial charge in [0.2, 0.25) is 0 Å². The van der Waals surface area contributed by atoms with Crippen molar-refractivity contribution in [3.8, 4) is 11.8 Å². The number of hydrogen-bond acceptors (Lipinski definition) is 3.